The molecule has 0 saturated carbocycles. The number of aryl methyl sites for hydroxylation is 1. The summed E-state index contributed by atoms with van der Waals surface area (Å²) in [7, 11) is 0. The van der Waals surface area contributed by atoms with E-state index in [2.05, 4.69) is 36.0 Å². The molecule has 0 radical (unpaired) electrons. The first-order valence-electron chi connectivity index (χ1n) is 4.66. The first-order valence-corrected chi connectivity index (χ1v) is 4.66. The molecule has 0 N–H and O–H groups in total. The second-order valence-electron chi connectivity index (χ2n) is 4.49. The van der Waals surface area contributed by atoms with Gasteiger partial charge in [-0.05, 0) is 12.3 Å². The zero-order valence-corrected chi connectivity index (χ0v) is 8.94. The number of hydrogen-bond donors (Lipinski definition) is 0. The van der Waals surface area contributed by atoms with Gasteiger partial charge in [0.1, 0.15) is 11.8 Å². The summed E-state index contributed by atoms with van der Waals surface area (Å²) in [6.07, 6.45) is 3.32. The van der Waals surface area contributed by atoms with Crippen LogP contribution in [0.1, 0.15) is 32.0 Å². The Bertz CT molecular complexity index is 464. The van der Waals surface area contributed by atoms with E-state index in [1.807, 2.05) is 13.1 Å². The Morgan fingerprint density at radius 2 is 2.00 bits per heavy atom. The van der Waals surface area contributed by atoms with Gasteiger partial charge in [-0.3, -0.25) is 0 Å². The highest BCUT2D eigenvalue weighted by Gasteiger charge is 2.22. The van der Waals surface area contributed by atoms with Crippen molar-refractivity contribution in [3.8, 4) is 0 Å². The molecule has 0 saturated heterocycles. The Morgan fingerprint density at radius 3 is 2.64 bits per heavy atom. The maximum absolute atomic E-state index is 4.35. The van der Waals surface area contributed by atoms with Crippen LogP contribution in [0.3, 0.4) is 0 Å². The third kappa shape index (κ3) is 1.27. The first kappa shape index (κ1) is 9.12. The SMILES string of the molecule is Cc1nn2ncncc2c1C(C)(C)C. The van der Waals surface area contributed by atoms with Gasteiger partial charge in [0.2, 0.25) is 0 Å². The molecule has 14 heavy (non-hydrogen) atoms. The van der Waals surface area contributed by atoms with E-state index in [-0.39, 0.29) is 5.41 Å². The highest BCUT2D eigenvalue weighted by atomic mass is 15.4. The van der Waals surface area contributed by atoms with Gasteiger partial charge in [0.25, 0.3) is 0 Å². The fraction of sp³-hybridized carbons (Fsp3) is 0.500. The van der Waals surface area contributed by atoms with E-state index in [0.29, 0.717) is 0 Å². The Balaban J connectivity index is 2.81. The van der Waals surface area contributed by atoms with E-state index >= 15 is 0 Å². The van der Waals surface area contributed by atoms with Crippen molar-refractivity contribution in [1.29, 1.82) is 0 Å². The summed E-state index contributed by atoms with van der Waals surface area (Å²) in [5, 5.41) is 8.42. The van der Waals surface area contributed by atoms with E-state index < -0.39 is 0 Å². The molecule has 0 bridgehead atoms. The zero-order chi connectivity index (χ0) is 10.3. The molecule has 0 spiro atoms. The van der Waals surface area contributed by atoms with Gasteiger partial charge in [-0.15, -0.1) is 9.73 Å². The summed E-state index contributed by atoms with van der Waals surface area (Å²) in [4.78, 5) is 4.03. The molecule has 0 unspecified atom stereocenters. The Hall–Kier alpha value is -1.45. The third-order valence-electron chi connectivity index (χ3n) is 2.25. The van der Waals surface area contributed by atoms with Crippen LogP contribution in [0.2, 0.25) is 0 Å². The largest absolute Gasteiger partial charge is 0.241 e. The molecular weight excluding hydrogens is 176 g/mol. The minimum Gasteiger partial charge on any atom is -0.241 e. The van der Waals surface area contributed by atoms with Gasteiger partial charge in [-0.2, -0.15) is 5.10 Å². The molecule has 0 atom stereocenters. The van der Waals surface area contributed by atoms with Gasteiger partial charge >= 0.3 is 0 Å². The van der Waals surface area contributed by atoms with E-state index in [9.17, 15) is 0 Å². The standard InChI is InChI=1S/C10H14N4/c1-7-9(10(2,3)4)8-5-11-6-12-14(8)13-7/h5-6H,1-4H3. The van der Waals surface area contributed by atoms with Crippen LogP contribution in [0.4, 0.5) is 0 Å². The molecule has 4 nitrogen and oxygen atoms in total. The number of aromatic nitrogens is 4. The van der Waals surface area contributed by atoms with Crippen LogP contribution in [-0.2, 0) is 5.41 Å². The minimum atomic E-state index is 0.0799. The molecule has 74 valence electrons. The first-order chi connectivity index (χ1) is 6.50. The van der Waals surface area contributed by atoms with Gasteiger partial charge in [-0.1, -0.05) is 20.8 Å². The molecule has 4 heteroatoms. The molecule has 2 aromatic rings. The Kier molecular flexibility index (Phi) is 1.80. The monoisotopic (exact) mass is 190 g/mol. The number of hydrogen-bond acceptors (Lipinski definition) is 3. The molecule has 2 aromatic heterocycles. The fourth-order valence-corrected chi connectivity index (χ4v) is 1.85. The lowest BCUT2D eigenvalue weighted by Crippen LogP contribution is -2.12. The summed E-state index contributed by atoms with van der Waals surface area (Å²) in [6, 6.07) is 0. The minimum absolute atomic E-state index is 0.0799. The molecule has 2 heterocycles. The van der Waals surface area contributed by atoms with Crippen LogP contribution in [0.15, 0.2) is 12.5 Å². The summed E-state index contributed by atoms with van der Waals surface area (Å²) >= 11 is 0. The molecule has 0 aromatic carbocycles. The average molecular weight is 190 g/mol. The molecule has 0 amide bonds. The van der Waals surface area contributed by atoms with Crippen molar-refractivity contribution in [3.05, 3.63) is 23.8 Å². The lowest BCUT2D eigenvalue weighted by Gasteiger charge is -2.17. The summed E-state index contributed by atoms with van der Waals surface area (Å²) in [5.41, 5.74) is 3.32. The van der Waals surface area contributed by atoms with Gasteiger partial charge in [0.05, 0.1) is 11.9 Å². The molecule has 0 aliphatic heterocycles. The van der Waals surface area contributed by atoms with Crippen LogP contribution in [0.25, 0.3) is 5.52 Å². The summed E-state index contributed by atoms with van der Waals surface area (Å²) in [5.74, 6) is 0. The molecule has 0 aliphatic rings. The average Bonchev–Trinajstić information content (AvgIpc) is 2.38. The third-order valence-corrected chi connectivity index (χ3v) is 2.25. The van der Waals surface area contributed by atoms with Gasteiger partial charge in [0, 0.05) is 5.56 Å². The van der Waals surface area contributed by atoms with E-state index in [1.165, 1.54) is 11.9 Å². The van der Waals surface area contributed by atoms with Crippen molar-refractivity contribution in [3.63, 3.8) is 0 Å². The Labute approximate surface area is 83.0 Å². The molecule has 0 fully saturated rings. The predicted octanol–water partition coefficient (Wildman–Crippen LogP) is 1.73. The summed E-state index contributed by atoms with van der Waals surface area (Å²) in [6.45, 7) is 8.52. The van der Waals surface area contributed by atoms with Gasteiger partial charge in [-0.25, -0.2) is 4.98 Å². The van der Waals surface area contributed by atoms with Crippen LogP contribution >= 0.6 is 0 Å². The van der Waals surface area contributed by atoms with Crippen molar-refractivity contribution in [1.82, 2.24) is 19.8 Å². The molecule has 0 aliphatic carbocycles. The second kappa shape index (κ2) is 2.77. The van der Waals surface area contributed by atoms with Crippen LogP contribution in [0, 0.1) is 6.92 Å². The van der Waals surface area contributed by atoms with Gasteiger partial charge in [0.15, 0.2) is 0 Å². The lowest BCUT2D eigenvalue weighted by molar-refractivity contribution is 0.591. The van der Waals surface area contributed by atoms with Crippen molar-refractivity contribution >= 4 is 5.52 Å². The molecule has 2 rings (SSSR count). The maximum Gasteiger partial charge on any atom is 0.138 e. The quantitative estimate of drug-likeness (QED) is 0.635. The predicted molar refractivity (Wildman–Crippen MR) is 54.2 cm³/mol. The van der Waals surface area contributed by atoms with E-state index in [1.54, 1.807) is 4.63 Å². The summed E-state index contributed by atoms with van der Waals surface area (Å²) < 4.78 is 1.64. The number of nitrogens with zero attached hydrogens (tertiary/aromatic N) is 4. The van der Waals surface area contributed by atoms with Gasteiger partial charge < -0.3 is 0 Å². The van der Waals surface area contributed by atoms with Crippen LogP contribution in [-0.4, -0.2) is 19.8 Å². The van der Waals surface area contributed by atoms with Crippen molar-refractivity contribution in [2.75, 3.05) is 0 Å². The smallest absolute Gasteiger partial charge is 0.138 e. The van der Waals surface area contributed by atoms with Crippen LogP contribution in [0.5, 0.6) is 0 Å². The highest BCUT2D eigenvalue weighted by Crippen LogP contribution is 2.28. The van der Waals surface area contributed by atoms with Crippen molar-refractivity contribution in [2.45, 2.75) is 33.1 Å². The second-order valence-corrected chi connectivity index (χ2v) is 4.49. The number of fused-ring (bicyclic) bond motifs is 1. The maximum atomic E-state index is 4.35. The highest BCUT2D eigenvalue weighted by molar-refractivity contribution is 5.56. The van der Waals surface area contributed by atoms with Crippen molar-refractivity contribution < 1.29 is 0 Å². The zero-order valence-electron chi connectivity index (χ0n) is 8.94. The van der Waals surface area contributed by atoms with E-state index in [4.69, 9.17) is 0 Å². The van der Waals surface area contributed by atoms with E-state index in [0.717, 1.165) is 11.2 Å². The van der Waals surface area contributed by atoms with Crippen molar-refractivity contribution in [2.24, 2.45) is 0 Å². The normalized spacial score (nSPS) is 12.3. The topological polar surface area (TPSA) is 43.1 Å². The molecular formula is C10H14N4. The Morgan fingerprint density at radius 1 is 1.29 bits per heavy atom. The van der Waals surface area contributed by atoms with Crippen LogP contribution < -0.4 is 0 Å². The number of rotatable bonds is 0. The fourth-order valence-electron chi connectivity index (χ4n) is 1.85. The lowest BCUT2D eigenvalue weighted by atomic mass is 9.86.